The first-order valence-corrected chi connectivity index (χ1v) is 6.59. The number of nitrogens with zero attached hydrogens (tertiary/aromatic N) is 1. The summed E-state index contributed by atoms with van der Waals surface area (Å²) in [5.41, 5.74) is 0.681. The van der Waals surface area contributed by atoms with Crippen LogP contribution < -0.4 is 0 Å². The minimum absolute atomic E-state index is 0.156. The number of amides is 1. The van der Waals surface area contributed by atoms with Gasteiger partial charge in [-0.05, 0) is 17.4 Å². The van der Waals surface area contributed by atoms with Gasteiger partial charge in [0.1, 0.15) is 12.6 Å². The highest BCUT2D eigenvalue weighted by atomic mass is 16.6. The van der Waals surface area contributed by atoms with Crippen LogP contribution in [0, 0.1) is 5.41 Å². The van der Waals surface area contributed by atoms with Crippen molar-refractivity contribution < 1.29 is 19.4 Å². The third kappa shape index (κ3) is 3.29. The summed E-state index contributed by atoms with van der Waals surface area (Å²) in [6.45, 7) is 4.46. The second-order valence-electron chi connectivity index (χ2n) is 5.89. The molecule has 2 rings (SSSR count). The molecule has 5 nitrogen and oxygen atoms in total. The second kappa shape index (κ2) is 5.53. The highest BCUT2D eigenvalue weighted by Crippen LogP contribution is 2.34. The van der Waals surface area contributed by atoms with Crippen molar-refractivity contribution >= 4 is 12.1 Å². The average Bonchev–Trinajstić information content (AvgIpc) is 2.74. The second-order valence-corrected chi connectivity index (χ2v) is 5.89. The van der Waals surface area contributed by atoms with Gasteiger partial charge in [-0.3, -0.25) is 4.90 Å². The summed E-state index contributed by atoms with van der Waals surface area (Å²) in [5.74, 6) is -0.979. The van der Waals surface area contributed by atoms with Crippen LogP contribution in [0.3, 0.4) is 0 Å². The molecule has 1 atom stereocenters. The zero-order chi connectivity index (χ0) is 14.8. The van der Waals surface area contributed by atoms with Crippen molar-refractivity contribution in [2.24, 2.45) is 5.41 Å². The Morgan fingerprint density at radius 1 is 1.35 bits per heavy atom. The molecule has 1 aromatic carbocycles. The lowest BCUT2D eigenvalue weighted by Gasteiger charge is -2.21. The maximum atomic E-state index is 12.1. The van der Waals surface area contributed by atoms with Crippen LogP contribution in [0.2, 0.25) is 0 Å². The number of aliphatic carboxylic acids is 1. The molecule has 1 aromatic rings. The van der Waals surface area contributed by atoms with Crippen molar-refractivity contribution in [2.75, 3.05) is 6.54 Å². The average molecular weight is 277 g/mol. The quantitative estimate of drug-likeness (QED) is 0.921. The smallest absolute Gasteiger partial charge is 0.410 e. The van der Waals surface area contributed by atoms with Gasteiger partial charge in [-0.25, -0.2) is 9.59 Å². The van der Waals surface area contributed by atoms with Crippen LogP contribution in [0.15, 0.2) is 30.3 Å². The summed E-state index contributed by atoms with van der Waals surface area (Å²) in [5, 5.41) is 9.20. The molecule has 0 aromatic heterocycles. The monoisotopic (exact) mass is 277 g/mol. The maximum Gasteiger partial charge on any atom is 0.410 e. The van der Waals surface area contributed by atoms with Crippen molar-refractivity contribution in [2.45, 2.75) is 32.9 Å². The van der Waals surface area contributed by atoms with Gasteiger partial charge in [0.15, 0.2) is 0 Å². The van der Waals surface area contributed by atoms with Crippen LogP contribution in [0.5, 0.6) is 0 Å². The van der Waals surface area contributed by atoms with E-state index in [1.54, 1.807) is 0 Å². The van der Waals surface area contributed by atoms with Crippen LogP contribution in [-0.4, -0.2) is 34.7 Å². The first-order chi connectivity index (χ1) is 9.39. The fourth-order valence-corrected chi connectivity index (χ4v) is 2.48. The Kier molecular flexibility index (Phi) is 3.97. The molecule has 0 unspecified atom stereocenters. The van der Waals surface area contributed by atoms with Gasteiger partial charge in [0.25, 0.3) is 0 Å². The standard InChI is InChI=1S/C15H19NO4/c1-15(2)8-12(13(17)18)16(10-15)14(19)20-9-11-6-4-3-5-7-11/h3-7,12H,8-10H2,1-2H3,(H,17,18)/t12-/m0/s1. The number of benzene rings is 1. The minimum atomic E-state index is -0.979. The number of hydrogen-bond acceptors (Lipinski definition) is 3. The Bertz CT molecular complexity index is 498. The zero-order valence-electron chi connectivity index (χ0n) is 11.7. The summed E-state index contributed by atoms with van der Waals surface area (Å²) in [4.78, 5) is 24.6. The fraction of sp³-hybridized carbons (Fsp3) is 0.467. The lowest BCUT2D eigenvalue weighted by molar-refractivity contribution is -0.141. The zero-order valence-corrected chi connectivity index (χ0v) is 11.7. The van der Waals surface area contributed by atoms with Gasteiger partial charge >= 0.3 is 12.1 Å². The number of ether oxygens (including phenoxy) is 1. The van der Waals surface area contributed by atoms with E-state index in [1.165, 1.54) is 4.90 Å². The summed E-state index contributed by atoms with van der Waals surface area (Å²) >= 11 is 0. The SMILES string of the molecule is CC1(C)C[C@@H](C(=O)O)N(C(=O)OCc2ccccc2)C1. The van der Waals surface area contributed by atoms with E-state index >= 15 is 0 Å². The number of carboxylic acid groups (broad SMARTS) is 1. The molecule has 1 aliphatic rings. The largest absolute Gasteiger partial charge is 0.480 e. The molecule has 1 heterocycles. The Labute approximate surface area is 118 Å². The Balaban J connectivity index is 1.99. The predicted octanol–water partition coefficient (Wildman–Crippen LogP) is 2.51. The van der Waals surface area contributed by atoms with Crippen molar-refractivity contribution in [3.05, 3.63) is 35.9 Å². The molecule has 0 saturated carbocycles. The fourth-order valence-electron chi connectivity index (χ4n) is 2.48. The molecule has 1 fully saturated rings. The van der Waals surface area contributed by atoms with Gasteiger partial charge in [0.2, 0.25) is 0 Å². The van der Waals surface area contributed by atoms with E-state index in [2.05, 4.69) is 0 Å². The molecule has 108 valence electrons. The highest BCUT2D eigenvalue weighted by Gasteiger charge is 2.44. The van der Waals surface area contributed by atoms with E-state index in [9.17, 15) is 14.7 Å². The molecule has 1 saturated heterocycles. The van der Waals surface area contributed by atoms with Gasteiger partial charge in [0.05, 0.1) is 0 Å². The Morgan fingerprint density at radius 3 is 2.60 bits per heavy atom. The Hall–Kier alpha value is -2.04. The van der Waals surface area contributed by atoms with Gasteiger partial charge in [0, 0.05) is 6.54 Å². The van der Waals surface area contributed by atoms with Crippen molar-refractivity contribution in [3.8, 4) is 0 Å². The molecule has 20 heavy (non-hydrogen) atoms. The van der Waals surface area contributed by atoms with Crippen LogP contribution in [0.25, 0.3) is 0 Å². The summed E-state index contributed by atoms with van der Waals surface area (Å²) < 4.78 is 5.21. The van der Waals surface area contributed by atoms with Gasteiger partial charge < -0.3 is 9.84 Å². The number of hydrogen-bond donors (Lipinski definition) is 1. The molecule has 1 amide bonds. The topological polar surface area (TPSA) is 66.8 Å². The minimum Gasteiger partial charge on any atom is -0.480 e. The molecule has 1 aliphatic heterocycles. The molecular weight excluding hydrogens is 258 g/mol. The summed E-state index contributed by atoms with van der Waals surface area (Å²) in [6.07, 6.45) is -0.116. The molecular formula is C15H19NO4. The first-order valence-electron chi connectivity index (χ1n) is 6.59. The number of rotatable bonds is 3. The van der Waals surface area contributed by atoms with Gasteiger partial charge in [-0.1, -0.05) is 44.2 Å². The Morgan fingerprint density at radius 2 is 2.00 bits per heavy atom. The van der Waals surface area contributed by atoms with Gasteiger partial charge in [-0.15, -0.1) is 0 Å². The predicted molar refractivity (Wildman–Crippen MR) is 73.2 cm³/mol. The lowest BCUT2D eigenvalue weighted by Crippen LogP contribution is -2.40. The number of carbonyl (C=O) groups excluding carboxylic acids is 1. The lowest BCUT2D eigenvalue weighted by atomic mass is 9.91. The number of carboxylic acids is 1. The molecule has 0 aliphatic carbocycles. The number of likely N-dealkylation sites (tertiary alicyclic amines) is 1. The molecule has 0 spiro atoms. The molecule has 5 heteroatoms. The van der Waals surface area contributed by atoms with E-state index in [1.807, 2.05) is 44.2 Å². The van der Waals surface area contributed by atoms with Gasteiger partial charge in [-0.2, -0.15) is 0 Å². The van der Waals surface area contributed by atoms with Crippen LogP contribution in [0.4, 0.5) is 4.79 Å². The molecule has 0 radical (unpaired) electrons. The third-order valence-corrected chi connectivity index (χ3v) is 3.45. The van der Waals surface area contributed by atoms with Crippen LogP contribution in [-0.2, 0) is 16.1 Å². The van der Waals surface area contributed by atoms with E-state index in [0.717, 1.165) is 5.56 Å². The van der Waals surface area contributed by atoms with E-state index < -0.39 is 18.1 Å². The third-order valence-electron chi connectivity index (χ3n) is 3.45. The van der Waals surface area contributed by atoms with Crippen LogP contribution >= 0.6 is 0 Å². The summed E-state index contributed by atoms with van der Waals surface area (Å²) in [7, 11) is 0. The molecule has 1 N–H and O–H groups in total. The van der Waals surface area contributed by atoms with E-state index in [0.29, 0.717) is 13.0 Å². The van der Waals surface area contributed by atoms with Crippen molar-refractivity contribution in [1.82, 2.24) is 4.90 Å². The summed E-state index contributed by atoms with van der Waals surface area (Å²) in [6, 6.07) is 8.53. The maximum absolute atomic E-state index is 12.1. The normalized spacial score (nSPS) is 20.7. The molecule has 0 bridgehead atoms. The number of carbonyl (C=O) groups is 2. The van der Waals surface area contributed by atoms with Crippen molar-refractivity contribution in [3.63, 3.8) is 0 Å². The van der Waals surface area contributed by atoms with Crippen LogP contribution in [0.1, 0.15) is 25.8 Å². The van der Waals surface area contributed by atoms with Crippen molar-refractivity contribution in [1.29, 1.82) is 0 Å². The highest BCUT2D eigenvalue weighted by molar-refractivity contribution is 5.81. The first kappa shape index (κ1) is 14.4. The van der Waals surface area contributed by atoms with E-state index in [-0.39, 0.29) is 12.0 Å². The van der Waals surface area contributed by atoms with E-state index in [4.69, 9.17) is 4.74 Å².